The van der Waals surface area contributed by atoms with Gasteiger partial charge in [-0.05, 0) is 6.07 Å². The van der Waals surface area contributed by atoms with Crippen molar-refractivity contribution in [2.75, 3.05) is 26.4 Å². The van der Waals surface area contributed by atoms with E-state index in [1.807, 2.05) is 0 Å². The highest BCUT2D eigenvalue weighted by molar-refractivity contribution is 7.54. The van der Waals surface area contributed by atoms with Crippen LogP contribution in [0.1, 0.15) is 32.8 Å². The summed E-state index contributed by atoms with van der Waals surface area (Å²) in [6, 6.07) is 3.50. The molecule has 1 amide bonds. The van der Waals surface area contributed by atoms with Gasteiger partial charge in [0.15, 0.2) is 6.10 Å². The number of hydrogen-bond acceptors (Lipinski definition) is 9. The van der Waals surface area contributed by atoms with Crippen LogP contribution in [0.25, 0.3) is 0 Å². The predicted octanol–water partition coefficient (Wildman–Crippen LogP) is 2.07. The number of aromatic nitrogens is 1. The zero-order valence-corrected chi connectivity index (χ0v) is 19.1. The van der Waals surface area contributed by atoms with E-state index < -0.39 is 42.9 Å². The predicted molar refractivity (Wildman–Crippen MR) is 110 cm³/mol. The molecule has 172 valence electrons. The molecule has 1 unspecified atom stereocenters. The highest BCUT2D eigenvalue weighted by atomic mass is 31.2. The zero-order chi connectivity index (χ0) is 23.1. The molecule has 1 saturated heterocycles. The Bertz CT molecular complexity index is 830. The highest BCUT2D eigenvalue weighted by Gasteiger charge is 2.48. The molecule has 1 aliphatic heterocycles. The lowest BCUT2D eigenvalue weighted by molar-refractivity contribution is -0.148. The van der Waals surface area contributed by atoms with Gasteiger partial charge in [-0.3, -0.25) is 28.5 Å². The van der Waals surface area contributed by atoms with Crippen molar-refractivity contribution < 1.29 is 37.5 Å². The summed E-state index contributed by atoms with van der Waals surface area (Å²) in [6.07, 6.45) is 1.91. The SMILES string of the molecule is COC(=O)CCNC(=O)[C@@H]1OP(=O)(C[C@@H](C)C(=O)OCc2cccnc2)OCC1(C)C. The minimum atomic E-state index is -3.73. The standard InChI is InChI=1S/C20H29N2O8P/c1-14(19(25)28-11-15-6-5-8-21-10-15)12-31(26)29-13-20(2,3)17(30-31)18(24)22-9-7-16(23)27-4/h5-6,8,10,14,17H,7,9,11-13H2,1-4H3,(H,22,24)/t14-,17+,31?/m1/s1. The normalized spacial score (nSPS) is 23.4. The second-order valence-corrected chi connectivity index (χ2v) is 10.1. The number of methoxy groups -OCH3 is 1. The number of carbonyl (C=O) groups excluding carboxylic acids is 3. The van der Waals surface area contributed by atoms with E-state index in [2.05, 4.69) is 15.0 Å². The summed E-state index contributed by atoms with van der Waals surface area (Å²) in [5.41, 5.74) is -0.0295. The molecule has 1 aliphatic rings. The van der Waals surface area contributed by atoms with E-state index in [0.717, 1.165) is 5.56 Å². The lowest BCUT2D eigenvalue weighted by atomic mass is 9.87. The number of nitrogens with one attached hydrogen (secondary N) is 1. The number of hydrogen-bond donors (Lipinski definition) is 1. The third kappa shape index (κ3) is 7.41. The summed E-state index contributed by atoms with van der Waals surface area (Å²) in [4.78, 5) is 40.1. The lowest BCUT2D eigenvalue weighted by Crippen LogP contribution is -2.50. The maximum atomic E-state index is 13.1. The second kappa shape index (κ2) is 10.8. The molecule has 1 aromatic rings. The van der Waals surface area contributed by atoms with Crippen LogP contribution in [0, 0.1) is 11.3 Å². The van der Waals surface area contributed by atoms with Crippen LogP contribution < -0.4 is 5.32 Å². The zero-order valence-electron chi connectivity index (χ0n) is 18.2. The van der Waals surface area contributed by atoms with Crippen LogP contribution in [-0.2, 0) is 44.1 Å². The smallest absolute Gasteiger partial charge is 0.332 e. The van der Waals surface area contributed by atoms with Gasteiger partial charge in [0.05, 0.1) is 32.2 Å². The van der Waals surface area contributed by atoms with Crippen molar-refractivity contribution in [3.05, 3.63) is 30.1 Å². The van der Waals surface area contributed by atoms with Crippen molar-refractivity contribution in [3.63, 3.8) is 0 Å². The van der Waals surface area contributed by atoms with E-state index in [4.69, 9.17) is 13.8 Å². The summed E-state index contributed by atoms with van der Waals surface area (Å²) < 4.78 is 34.0. The van der Waals surface area contributed by atoms with Gasteiger partial charge in [0, 0.05) is 29.9 Å². The molecule has 1 fully saturated rings. The Balaban J connectivity index is 1.94. The first-order valence-corrected chi connectivity index (χ1v) is 11.6. The third-order valence-corrected chi connectivity index (χ3v) is 6.76. The summed E-state index contributed by atoms with van der Waals surface area (Å²) in [5, 5.41) is 2.59. The van der Waals surface area contributed by atoms with E-state index in [1.54, 1.807) is 45.3 Å². The highest BCUT2D eigenvalue weighted by Crippen LogP contribution is 2.57. The molecule has 1 aromatic heterocycles. The largest absolute Gasteiger partial charge is 0.469 e. The average Bonchev–Trinajstić information content (AvgIpc) is 2.74. The number of nitrogens with zero attached hydrogens (tertiary/aromatic N) is 1. The van der Waals surface area contributed by atoms with Crippen LogP contribution >= 0.6 is 7.60 Å². The van der Waals surface area contributed by atoms with Gasteiger partial charge in [0.25, 0.3) is 0 Å². The Hall–Kier alpha value is -2.29. The first kappa shape index (κ1) is 25.0. The number of pyridine rings is 1. The molecule has 2 heterocycles. The quantitative estimate of drug-likeness (QED) is 0.438. The molecule has 2 rings (SSSR count). The monoisotopic (exact) mass is 456 g/mol. The fraction of sp³-hybridized carbons (Fsp3) is 0.600. The topological polar surface area (TPSA) is 130 Å². The van der Waals surface area contributed by atoms with Gasteiger partial charge in [-0.15, -0.1) is 0 Å². The Kier molecular flexibility index (Phi) is 8.73. The summed E-state index contributed by atoms with van der Waals surface area (Å²) in [7, 11) is -2.47. The maximum absolute atomic E-state index is 13.1. The Morgan fingerprint density at radius 2 is 2.13 bits per heavy atom. The van der Waals surface area contributed by atoms with Gasteiger partial charge in [-0.25, -0.2) is 0 Å². The lowest BCUT2D eigenvalue weighted by Gasteiger charge is -2.40. The molecule has 0 radical (unpaired) electrons. The number of ether oxygens (including phenoxy) is 2. The molecule has 0 aromatic carbocycles. The van der Waals surface area contributed by atoms with Crippen molar-refractivity contribution in [1.29, 1.82) is 0 Å². The van der Waals surface area contributed by atoms with Crippen molar-refractivity contribution in [3.8, 4) is 0 Å². The minimum Gasteiger partial charge on any atom is -0.469 e. The molecule has 11 heteroatoms. The van der Waals surface area contributed by atoms with Gasteiger partial charge >= 0.3 is 19.5 Å². The van der Waals surface area contributed by atoms with Crippen molar-refractivity contribution in [2.24, 2.45) is 11.3 Å². The molecule has 0 saturated carbocycles. The number of esters is 2. The number of amides is 1. The van der Waals surface area contributed by atoms with Gasteiger partial charge < -0.3 is 19.3 Å². The van der Waals surface area contributed by atoms with Gasteiger partial charge in [0.2, 0.25) is 5.91 Å². The third-order valence-electron chi connectivity index (χ3n) is 4.71. The van der Waals surface area contributed by atoms with E-state index >= 15 is 0 Å². The van der Waals surface area contributed by atoms with E-state index in [9.17, 15) is 18.9 Å². The van der Waals surface area contributed by atoms with Crippen LogP contribution in [0.2, 0.25) is 0 Å². The van der Waals surface area contributed by atoms with Crippen molar-refractivity contribution in [2.45, 2.75) is 39.9 Å². The molecule has 1 N–H and O–H groups in total. The fourth-order valence-electron chi connectivity index (χ4n) is 2.85. The Morgan fingerprint density at radius 1 is 1.39 bits per heavy atom. The van der Waals surface area contributed by atoms with E-state index in [-0.39, 0.29) is 32.3 Å². The molecule has 3 atom stereocenters. The summed E-state index contributed by atoms with van der Waals surface area (Å²) in [5.74, 6) is -2.30. The summed E-state index contributed by atoms with van der Waals surface area (Å²) in [6.45, 7) is 5.16. The molecular weight excluding hydrogens is 427 g/mol. The fourth-order valence-corrected chi connectivity index (χ4v) is 5.15. The van der Waals surface area contributed by atoms with Crippen LogP contribution in [0.5, 0.6) is 0 Å². The Morgan fingerprint density at radius 3 is 2.77 bits per heavy atom. The van der Waals surface area contributed by atoms with Gasteiger partial charge in [-0.2, -0.15) is 0 Å². The van der Waals surface area contributed by atoms with Crippen molar-refractivity contribution >= 4 is 25.4 Å². The van der Waals surface area contributed by atoms with Crippen LogP contribution in [0.15, 0.2) is 24.5 Å². The molecule has 0 spiro atoms. The molecular formula is C20H29N2O8P. The number of carbonyl (C=O) groups is 3. The van der Waals surface area contributed by atoms with Crippen LogP contribution in [0.4, 0.5) is 0 Å². The van der Waals surface area contributed by atoms with Crippen LogP contribution in [0.3, 0.4) is 0 Å². The first-order valence-electron chi connectivity index (χ1n) is 9.88. The van der Waals surface area contributed by atoms with E-state index in [0.29, 0.717) is 0 Å². The molecule has 0 bridgehead atoms. The summed E-state index contributed by atoms with van der Waals surface area (Å²) >= 11 is 0. The maximum Gasteiger partial charge on any atom is 0.332 e. The Labute approximate surface area is 181 Å². The first-order chi connectivity index (χ1) is 14.6. The minimum absolute atomic E-state index is 0.00333. The van der Waals surface area contributed by atoms with E-state index in [1.165, 1.54) is 7.11 Å². The van der Waals surface area contributed by atoms with Gasteiger partial charge in [0.1, 0.15) is 6.61 Å². The van der Waals surface area contributed by atoms with Crippen LogP contribution in [-0.4, -0.2) is 55.4 Å². The average molecular weight is 456 g/mol. The molecule has 0 aliphatic carbocycles. The molecule has 31 heavy (non-hydrogen) atoms. The molecule has 10 nitrogen and oxygen atoms in total. The van der Waals surface area contributed by atoms with Gasteiger partial charge in [-0.1, -0.05) is 26.8 Å². The van der Waals surface area contributed by atoms with Crippen molar-refractivity contribution in [1.82, 2.24) is 10.3 Å². The second-order valence-electron chi connectivity index (χ2n) is 8.03. The number of rotatable bonds is 9.